The SMILES string of the molecule is CC1=C(C(=O)Nc2ccccc2C(C)C)[C@H](c2ccc(F)c(F)c2)NC(=O)N1. The van der Waals surface area contributed by atoms with Gasteiger partial charge in [-0.05, 0) is 42.2 Å². The highest BCUT2D eigenvalue weighted by molar-refractivity contribution is 6.07. The Morgan fingerprint density at radius 2 is 1.82 bits per heavy atom. The molecule has 0 unspecified atom stereocenters. The first-order chi connectivity index (χ1) is 13.3. The Balaban J connectivity index is 1.99. The van der Waals surface area contributed by atoms with Crippen LogP contribution in [-0.4, -0.2) is 11.9 Å². The molecule has 3 N–H and O–H groups in total. The number of hydrogen-bond donors (Lipinski definition) is 3. The van der Waals surface area contributed by atoms with Gasteiger partial charge >= 0.3 is 6.03 Å². The Bertz CT molecular complexity index is 970. The highest BCUT2D eigenvalue weighted by Crippen LogP contribution is 2.30. The van der Waals surface area contributed by atoms with Crippen LogP contribution in [0.25, 0.3) is 0 Å². The Morgan fingerprint density at radius 3 is 2.50 bits per heavy atom. The van der Waals surface area contributed by atoms with Crippen molar-refractivity contribution >= 4 is 17.6 Å². The summed E-state index contributed by atoms with van der Waals surface area (Å²) in [6, 6.07) is 9.29. The summed E-state index contributed by atoms with van der Waals surface area (Å²) in [5.41, 5.74) is 2.47. The molecule has 1 atom stereocenters. The minimum atomic E-state index is -1.05. The zero-order chi connectivity index (χ0) is 20.4. The van der Waals surface area contributed by atoms with Crippen molar-refractivity contribution in [3.05, 3.63) is 76.5 Å². The second-order valence-electron chi connectivity index (χ2n) is 6.94. The van der Waals surface area contributed by atoms with Gasteiger partial charge in [0.2, 0.25) is 0 Å². The van der Waals surface area contributed by atoms with Gasteiger partial charge in [-0.25, -0.2) is 13.6 Å². The van der Waals surface area contributed by atoms with Gasteiger partial charge in [-0.15, -0.1) is 0 Å². The molecule has 3 amide bonds. The van der Waals surface area contributed by atoms with Crippen LogP contribution in [0.5, 0.6) is 0 Å². The summed E-state index contributed by atoms with van der Waals surface area (Å²) in [7, 11) is 0. The van der Waals surface area contributed by atoms with Crippen molar-refractivity contribution in [2.45, 2.75) is 32.7 Å². The van der Waals surface area contributed by atoms with E-state index in [1.54, 1.807) is 13.0 Å². The Hall–Kier alpha value is -3.22. The van der Waals surface area contributed by atoms with Crippen molar-refractivity contribution in [2.75, 3.05) is 5.32 Å². The number of rotatable bonds is 4. The first kappa shape index (κ1) is 19.5. The van der Waals surface area contributed by atoms with Gasteiger partial charge in [-0.3, -0.25) is 4.79 Å². The number of para-hydroxylation sites is 1. The number of benzene rings is 2. The Labute approximate surface area is 161 Å². The molecule has 0 saturated carbocycles. The zero-order valence-electron chi connectivity index (χ0n) is 15.8. The van der Waals surface area contributed by atoms with E-state index in [0.29, 0.717) is 11.4 Å². The summed E-state index contributed by atoms with van der Waals surface area (Å²) in [6.07, 6.45) is 0. The van der Waals surface area contributed by atoms with Crippen LogP contribution in [-0.2, 0) is 4.79 Å². The summed E-state index contributed by atoms with van der Waals surface area (Å²) in [4.78, 5) is 25.0. The van der Waals surface area contributed by atoms with Gasteiger partial charge < -0.3 is 16.0 Å². The molecule has 0 aliphatic carbocycles. The maximum atomic E-state index is 13.7. The van der Waals surface area contributed by atoms with E-state index in [2.05, 4.69) is 16.0 Å². The van der Waals surface area contributed by atoms with E-state index >= 15 is 0 Å². The minimum Gasteiger partial charge on any atom is -0.327 e. The highest BCUT2D eigenvalue weighted by atomic mass is 19.2. The van der Waals surface area contributed by atoms with Gasteiger partial charge in [0.25, 0.3) is 5.91 Å². The predicted molar refractivity (Wildman–Crippen MR) is 103 cm³/mol. The average molecular weight is 385 g/mol. The molecule has 1 aliphatic heterocycles. The molecular formula is C21H21F2N3O2. The van der Waals surface area contributed by atoms with Crippen molar-refractivity contribution in [2.24, 2.45) is 0 Å². The molecule has 5 nitrogen and oxygen atoms in total. The van der Waals surface area contributed by atoms with Crippen molar-refractivity contribution in [3.63, 3.8) is 0 Å². The van der Waals surface area contributed by atoms with Crippen molar-refractivity contribution in [3.8, 4) is 0 Å². The van der Waals surface area contributed by atoms with E-state index in [-0.39, 0.29) is 17.1 Å². The van der Waals surface area contributed by atoms with E-state index in [9.17, 15) is 18.4 Å². The van der Waals surface area contributed by atoms with Gasteiger partial charge in [0, 0.05) is 11.4 Å². The summed E-state index contributed by atoms with van der Waals surface area (Å²) in [5, 5.41) is 8.04. The van der Waals surface area contributed by atoms with Crippen LogP contribution in [0.1, 0.15) is 43.9 Å². The quantitative estimate of drug-likeness (QED) is 0.732. The molecule has 2 aromatic carbocycles. The summed E-state index contributed by atoms with van der Waals surface area (Å²) in [6.45, 7) is 5.62. The smallest absolute Gasteiger partial charge is 0.319 e. The van der Waals surface area contributed by atoms with Crippen LogP contribution < -0.4 is 16.0 Å². The monoisotopic (exact) mass is 385 g/mol. The van der Waals surface area contributed by atoms with Crippen LogP contribution in [0.2, 0.25) is 0 Å². The first-order valence-electron chi connectivity index (χ1n) is 8.91. The number of anilines is 1. The van der Waals surface area contributed by atoms with Crippen LogP contribution in [0, 0.1) is 11.6 Å². The molecule has 0 aromatic heterocycles. The predicted octanol–water partition coefficient (Wildman–Crippen LogP) is 4.35. The molecule has 0 saturated heterocycles. The maximum Gasteiger partial charge on any atom is 0.319 e. The number of hydrogen-bond acceptors (Lipinski definition) is 2. The molecule has 0 fully saturated rings. The summed E-state index contributed by atoms with van der Waals surface area (Å²) < 4.78 is 27.0. The van der Waals surface area contributed by atoms with Gasteiger partial charge in [-0.1, -0.05) is 38.1 Å². The van der Waals surface area contributed by atoms with E-state index in [0.717, 1.165) is 17.7 Å². The molecule has 0 bridgehead atoms. The lowest BCUT2D eigenvalue weighted by Gasteiger charge is -2.29. The summed E-state index contributed by atoms with van der Waals surface area (Å²) >= 11 is 0. The van der Waals surface area contributed by atoms with E-state index in [4.69, 9.17) is 0 Å². The third-order valence-corrected chi connectivity index (χ3v) is 4.62. The fourth-order valence-electron chi connectivity index (χ4n) is 3.24. The highest BCUT2D eigenvalue weighted by Gasteiger charge is 2.32. The number of carbonyl (C=O) groups excluding carboxylic acids is 2. The van der Waals surface area contributed by atoms with Gasteiger partial charge in [0.15, 0.2) is 11.6 Å². The number of halogens is 2. The minimum absolute atomic E-state index is 0.192. The molecule has 28 heavy (non-hydrogen) atoms. The van der Waals surface area contributed by atoms with Gasteiger partial charge in [0.1, 0.15) is 0 Å². The first-order valence-corrected chi connectivity index (χ1v) is 8.91. The average Bonchev–Trinajstić information content (AvgIpc) is 2.63. The van der Waals surface area contributed by atoms with E-state index < -0.39 is 29.6 Å². The van der Waals surface area contributed by atoms with Gasteiger partial charge in [-0.2, -0.15) is 0 Å². The zero-order valence-corrected chi connectivity index (χ0v) is 15.8. The van der Waals surface area contributed by atoms with Crippen LogP contribution in [0.4, 0.5) is 19.3 Å². The van der Waals surface area contributed by atoms with Crippen LogP contribution in [0.15, 0.2) is 53.7 Å². The lowest BCUT2D eigenvalue weighted by Crippen LogP contribution is -2.46. The molecule has 3 rings (SSSR count). The van der Waals surface area contributed by atoms with E-state index in [1.165, 1.54) is 6.07 Å². The van der Waals surface area contributed by atoms with Crippen molar-refractivity contribution < 1.29 is 18.4 Å². The Kier molecular flexibility index (Phi) is 5.44. The van der Waals surface area contributed by atoms with Crippen molar-refractivity contribution in [1.82, 2.24) is 10.6 Å². The normalized spacial score (nSPS) is 16.6. The standard InChI is InChI=1S/C21H21F2N3O2/c1-11(2)14-6-4-5-7-17(14)25-20(27)18-12(3)24-21(28)26-19(18)13-8-9-15(22)16(23)10-13/h4-11,19H,1-3H3,(H,25,27)(H2,24,26,28)/t19-/m0/s1. The fraction of sp³-hybridized carbons (Fsp3) is 0.238. The molecule has 7 heteroatoms. The third kappa shape index (κ3) is 3.88. The summed E-state index contributed by atoms with van der Waals surface area (Å²) in [5.74, 6) is -2.29. The maximum absolute atomic E-state index is 13.7. The number of urea groups is 1. The topological polar surface area (TPSA) is 70.2 Å². The van der Waals surface area contributed by atoms with Crippen LogP contribution in [0.3, 0.4) is 0 Å². The molecule has 1 aliphatic rings. The molecular weight excluding hydrogens is 364 g/mol. The molecule has 0 spiro atoms. The van der Waals surface area contributed by atoms with E-state index in [1.807, 2.05) is 32.0 Å². The second-order valence-corrected chi connectivity index (χ2v) is 6.94. The number of amides is 3. The number of carbonyl (C=O) groups is 2. The van der Waals surface area contributed by atoms with Crippen LogP contribution >= 0.6 is 0 Å². The molecule has 146 valence electrons. The van der Waals surface area contributed by atoms with Crippen molar-refractivity contribution in [1.29, 1.82) is 0 Å². The second kappa shape index (κ2) is 7.80. The molecule has 0 radical (unpaired) electrons. The number of allylic oxidation sites excluding steroid dienone is 1. The largest absolute Gasteiger partial charge is 0.327 e. The van der Waals surface area contributed by atoms with Gasteiger partial charge in [0.05, 0.1) is 11.6 Å². The number of nitrogens with one attached hydrogen (secondary N) is 3. The fourth-order valence-corrected chi connectivity index (χ4v) is 3.24. The lowest BCUT2D eigenvalue weighted by atomic mass is 9.94. The molecule has 1 heterocycles. The molecule has 2 aromatic rings. The lowest BCUT2D eigenvalue weighted by molar-refractivity contribution is -0.113. The Morgan fingerprint density at radius 1 is 1.11 bits per heavy atom. The third-order valence-electron chi connectivity index (χ3n) is 4.62.